The first-order chi connectivity index (χ1) is 19.4. The van der Waals surface area contributed by atoms with Gasteiger partial charge in [0, 0.05) is 31.9 Å². The van der Waals surface area contributed by atoms with E-state index in [4.69, 9.17) is 24.1 Å². The van der Waals surface area contributed by atoms with E-state index in [1.54, 1.807) is 12.1 Å². The van der Waals surface area contributed by atoms with Crippen LogP contribution in [-0.2, 0) is 30.6 Å². The number of β-lactam (4-membered cyclic amide) rings is 1. The quantitative estimate of drug-likeness (QED) is 0.109. The van der Waals surface area contributed by atoms with Crippen molar-refractivity contribution in [3.8, 4) is 0 Å². The number of furan rings is 2. The van der Waals surface area contributed by atoms with Crippen LogP contribution >= 0.6 is 23.5 Å². The zero-order valence-corrected chi connectivity index (χ0v) is 22.5. The Hall–Kier alpha value is -4.04. The first kappa shape index (κ1) is 26.2. The highest BCUT2D eigenvalue weighted by Gasteiger charge is 2.52. The van der Waals surface area contributed by atoms with Gasteiger partial charge in [-0.2, -0.15) is 0 Å². The molecule has 3 N–H and O–H groups in total. The van der Waals surface area contributed by atoms with Crippen LogP contribution in [0.15, 0.2) is 84.3 Å². The lowest BCUT2D eigenvalue weighted by atomic mass is 10.1. The van der Waals surface area contributed by atoms with Gasteiger partial charge >= 0.3 is 11.9 Å². The lowest BCUT2D eigenvalue weighted by Crippen LogP contribution is -2.68. The van der Waals surface area contributed by atoms with E-state index in [0.29, 0.717) is 27.4 Å². The molecule has 204 valence electrons. The molecule has 0 aliphatic carbocycles. The highest BCUT2D eigenvalue weighted by atomic mass is 32.2. The van der Waals surface area contributed by atoms with Crippen LogP contribution in [0.25, 0.3) is 21.9 Å². The van der Waals surface area contributed by atoms with E-state index in [1.807, 2.05) is 30.3 Å². The Kier molecular flexibility index (Phi) is 6.88. The topological polar surface area (TPSA) is 158 Å². The molecule has 4 aromatic rings. The minimum absolute atomic E-state index is 0.0471. The zero-order valence-electron chi connectivity index (χ0n) is 20.9. The summed E-state index contributed by atoms with van der Waals surface area (Å²) < 4.78 is 16.4. The van der Waals surface area contributed by atoms with Crippen molar-refractivity contribution in [2.24, 2.45) is 10.9 Å². The monoisotopic (exact) mass is 579 g/mol. The van der Waals surface area contributed by atoms with Gasteiger partial charge in [-0.05, 0) is 30.3 Å². The molecule has 1 fully saturated rings. The van der Waals surface area contributed by atoms with Crippen LogP contribution in [0, 0.1) is 0 Å². The van der Waals surface area contributed by atoms with Crippen molar-refractivity contribution in [1.29, 1.82) is 0 Å². The van der Waals surface area contributed by atoms with Crippen molar-refractivity contribution >= 4 is 69.0 Å². The molecule has 2 aliphatic rings. The molecule has 4 heterocycles. The number of nitrogens with zero attached hydrogens (tertiary/aromatic N) is 2. The molecule has 1 unspecified atom stereocenters. The summed E-state index contributed by atoms with van der Waals surface area (Å²) in [4.78, 5) is 46.2. The molecule has 13 heteroatoms. The largest absolute Gasteiger partial charge is 0.462 e. The predicted octanol–water partition coefficient (Wildman–Crippen LogP) is 3.34. The van der Waals surface area contributed by atoms with E-state index in [-0.39, 0.29) is 23.8 Å². The molecule has 2 aliphatic heterocycles. The molecule has 1 saturated heterocycles. The number of oxime groups is 1. The van der Waals surface area contributed by atoms with E-state index in [1.165, 1.54) is 47.9 Å². The average Bonchev–Trinajstić information content (AvgIpc) is 3.63. The Bertz CT molecular complexity index is 1730. The van der Waals surface area contributed by atoms with Crippen LogP contribution in [0.3, 0.4) is 0 Å². The van der Waals surface area contributed by atoms with Crippen LogP contribution in [0.4, 0.5) is 0 Å². The lowest BCUT2D eigenvalue weighted by Gasteiger charge is -2.48. The summed E-state index contributed by atoms with van der Waals surface area (Å²) >= 11 is 2.67. The molecule has 2 aromatic heterocycles. The number of fused-ring (bicyclic) bond motifs is 4. The van der Waals surface area contributed by atoms with Crippen molar-refractivity contribution in [3.05, 3.63) is 76.7 Å². The number of aliphatic hydroxyl groups excluding tert-OH is 1. The van der Waals surface area contributed by atoms with Crippen LogP contribution in [0.1, 0.15) is 11.3 Å². The molecular formula is C27H21N3O8S2. The number of ether oxygens (including phenoxy) is 1. The maximum absolute atomic E-state index is 13.4. The Balaban J connectivity index is 1.34. The first-order valence-electron chi connectivity index (χ1n) is 12.0. The highest BCUT2D eigenvalue weighted by molar-refractivity contribution is 8.06. The third-order valence-corrected chi connectivity index (χ3v) is 9.00. The van der Waals surface area contributed by atoms with E-state index in [9.17, 15) is 19.5 Å². The molecule has 0 saturated carbocycles. The van der Waals surface area contributed by atoms with Gasteiger partial charge in [-0.15, -0.1) is 11.8 Å². The SMILES string of the molecule is CON=C(C(=O)OC(=O)C1=C(Sc2ccc3c(c2)oc2c(CO)cccc23)CS[C@H]2C(N)C(=O)N12)c1ccco1. The second-order valence-corrected chi connectivity index (χ2v) is 11.1. The van der Waals surface area contributed by atoms with E-state index in [0.717, 1.165) is 15.7 Å². The van der Waals surface area contributed by atoms with Gasteiger partial charge in [0.25, 0.3) is 0 Å². The fraction of sp³-hybridized carbons (Fsp3) is 0.185. The minimum atomic E-state index is -1.10. The number of thioether (sulfide) groups is 2. The summed E-state index contributed by atoms with van der Waals surface area (Å²) in [6.07, 6.45) is 1.33. The summed E-state index contributed by atoms with van der Waals surface area (Å²) in [6.45, 7) is -0.156. The fourth-order valence-electron chi connectivity index (χ4n) is 4.59. The number of para-hydroxylation sites is 1. The zero-order chi connectivity index (χ0) is 28.0. The summed E-state index contributed by atoms with van der Waals surface area (Å²) in [5.74, 6) is -2.17. The van der Waals surface area contributed by atoms with Gasteiger partial charge in [0.15, 0.2) is 5.76 Å². The Morgan fingerprint density at radius 1 is 1.23 bits per heavy atom. The van der Waals surface area contributed by atoms with Gasteiger partial charge in [0.05, 0.1) is 12.9 Å². The van der Waals surface area contributed by atoms with Gasteiger partial charge in [-0.1, -0.05) is 35.1 Å². The van der Waals surface area contributed by atoms with Gasteiger partial charge in [0.2, 0.25) is 11.6 Å². The standard InChI is InChI=1S/C27H21N3O8S2/c1-35-29-21(17-6-3-9-36-17)26(33)38-27(34)22-19(12-39-25-20(28)24(32)30(22)25)40-14-7-8-15-16-5-2-4-13(11-31)23(16)37-18(15)10-14/h2-10,20,25,31H,11-12,28H2,1H3/t20?,25-/m0/s1. The van der Waals surface area contributed by atoms with Crippen LogP contribution in [0.5, 0.6) is 0 Å². The number of hydrogen-bond donors (Lipinski definition) is 2. The second kappa shape index (κ2) is 10.5. The first-order valence-corrected chi connectivity index (χ1v) is 13.9. The number of carbonyl (C=O) groups is 3. The predicted molar refractivity (Wildman–Crippen MR) is 147 cm³/mol. The van der Waals surface area contributed by atoms with Gasteiger partial charge < -0.3 is 29.2 Å². The van der Waals surface area contributed by atoms with Gasteiger partial charge in [0.1, 0.15) is 35.4 Å². The summed E-state index contributed by atoms with van der Waals surface area (Å²) in [5.41, 5.74) is 7.45. The van der Waals surface area contributed by atoms with Gasteiger partial charge in [-0.25, -0.2) is 9.59 Å². The van der Waals surface area contributed by atoms with Crippen molar-refractivity contribution in [1.82, 2.24) is 4.90 Å². The molecule has 2 atom stereocenters. The molecule has 0 radical (unpaired) electrons. The minimum Gasteiger partial charge on any atom is -0.462 e. The molecule has 40 heavy (non-hydrogen) atoms. The number of nitrogens with two attached hydrogens (primary N) is 1. The van der Waals surface area contributed by atoms with Crippen LogP contribution < -0.4 is 5.73 Å². The lowest BCUT2D eigenvalue weighted by molar-refractivity contribution is -0.157. The van der Waals surface area contributed by atoms with Crippen molar-refractivity contribution < 1.29 is 37.9 Å². The Labute approximate surface area is 234 Å². The number of esters is 2. The molecule has 6 rings (SSSR count). The van der Waals surface area contributed by atoms with Crippen molar-refractivity contribution in [2.45, 2.75) is 22.9 Å². The number of benzene rings is 2. The van der Waals surface area contributed by atoms with E-state index in [2.05, 4.69) is 5.16 Å². The second-order valence-electron chi connectivity index (χ2n) is 8.80. The maximum Gasteiger partial charge on any atom is 0.372 e. The van der Waals surface area contributed by atoms with Crippen molar-refractivity contribution in [2.75, 3.05) is 12.9 Å². The molecule has 1 amide bonds. The Morgan fingerprint density at radius 2 is 2.08 bits per heavy atom. The third-order valence-electron chi connectivity index (χ3n) is 6.45. The number of aliphatic hydroxyl groups is 1. The van der Waals surface area contributed by atoms with Crippen molar-refractivity contribution in [3.63, 3.8) is 0 Å². The molecular weight excluding hydrogens is 558 g/mol. The molecule has 2 aromatic carbocycles. The third kappa shape index (κ3) is 4.36. The Morgan fingerprint density at radius 3 is 2.83 bits per heavy atom. The molecule has 0 spiro atoms. The highest BCUT2D eigenvalue weighted by Crippen LogP contribution is 2.45. The number of hydrogen-bond acceptors (Lipinski definition) is 12. The summed E-state index contributed by atoms with van der Waals surface area (Å²) in [6, 6.07) is 13.4. The molecule has 11 nitrogen and oxygen atoms in total. The smallest absolute Gasteiger partial charge is 0.372 e. The van der Waals surface area contributed by atoms with Gasteiger partial charge in [-0.3, -0.25) is 9.69 Å². The normalized spacial score (nSPS) is 19.1. The van der Waals surface area contributed by atoms with E-state index >= 15 is 0 Å². The van der Waals surface area contributed by atoms with E-state index < -0.39 is 29.3 Å². The van der Waals surface area contributed by atoms with Crippen LogP contribution in [-0.4, -0.2) is 57.8 Å². The summed E-state index contributed by atoms with van der Waals surface area (Å²) in [5, 5.41) is 14.6. The molecule has 0 bridgehead atoms. The van der Waals surface area contributed by atoms with Crippen LogP contribution in [0.2, 0.25) is 0 Å². The summed E-state index contributed by atoms with van der Waals surface area (Å²) in [7, 11) is 1.24. The number of carbonyl (C=O) groups excluding carboxylic acids is 3. The maximum atomic E-state index is 13.4. The number of rotatable bonds is 7. The fourth-order valence-corrected chi connectivity index (χ4v) is 7.04. The number of amides is 1. The average molecular weight is 580 g/mol.